The number of fused-ring (bicyclic) bond motifs is 1. The van der Waals surface area contributed by atoms with Crippen molar-refractivity contribution in [2.45, 2.75) is 0 Å². The van der Waals surface area contributed by atoms with E-state index in [9.17, 15) is 9.59 Å². The molecule has 0 bridgehead atoms. The number of carbonyl (C=O) groups is 2. The predicted molar refractivity (Wildman–Crippen MR) is 92.7 cm³/mol. The maximum absolute atomic E-state index is 12.4. The first kappa shape index (κ1) is 17.7. The summed E-state index contributed by atoms with van der Waals surface area (Å²) in [7, 11) is 4.02. The van der Waals surface area contributed by atoms with Crippen molar-refractivity contribution in [2.24, 2.45) is 0 Å². The number of carbonyl (C=O) groups excluding carboxylic acids is 2. The van der Waals surface area contributed by atoms with Gasteiger partial charge in [0, 0.05) is 11.5 Å². The minimum Gasteiger partial charge on any atom is -0.481 e. The van der Waals surface area contributed by atoms with Gasteiger partial charge in [0.15, 0.2) is 0 Å². The third-order valence-electron chi connectivity index (χ3n) is 4.01. The summed E-state index contributed by atoms with van der Waals surface area (Å²) in [4.78, 5) is 30.5. The topological polar surface area (TPSA) is 87.2 Å². The van der Waals surface area contributed by atoms with Gasteiger partial charge >= 0.3 is 11.9 Å². The number of rotatable bonds is 4. The third kappa shape index (κ3) is 3.06. The van der Waals surface area contributed by atoms with Gasteiger partial charge in [0.1, 0.15) is 12.4 Å². The standard InChI is InChI=1S/C18H18N2O6/c1-23-14-8-7-11-5-4-6-13(15(11)19-14)20-10-26-9-12(17(21)24-2)16(20)18(22)25-3/h4-8H,9-10H2,1-3H3. The molecular weight excluding hydrogens is 340 g/mol. The molecule has 0 fully saturated rings. The van der Waals surface area contributed by atoms with Crippen LogP contribution in [-0.2, 0) is 23.8 Å². The fourth-order valence-electron chi connectivity index (χ4n) is 2.78. The van der Waals surface area contributed by atoms with Gasteiger partial charge in [-0.1, -0.05) is 12.1 Å². The van der Waals surface area contributed by atoms with E-state index in [4.69, 9.17) is 18.9 Å². The minimum absolute atomic E-state index is 0.0465. The van der Waals surface area contributed by atoms with E-state index >= 15 is 0 Å². The van der Waals surface area contributed by atoms with Gasteiger partial charge in [-0.15, -0.1) is 0 Å². The number of anilines is 1. The number of hydrogen-bond donors (Lipinski definition) is 0. The first-order valence-corrected chi connectivity index (χ1v) is 7.79. The molecule has 8 heteroatoms. The second kappa shape index (κ2) is 7.40. The summed E-state index contributed by atoms with van der Waals surface area (Å²) in [5.41, 5.74) is 1.35. The zero-order chi connectivity index (χ0) is 18.7. The van der Waals surface area contributed by atoms with Crippen LogP contribution in [0.4, 0.5) is 5.69 Å². The van der Waals surface area contributed by atoms with E-state index in [1.165, 1.54) is 21.3 Å². The maximum Gasteiger partial charge on any atom is 0.355 e. The Kier molecular flexibility index (Phi) is 5.04. The maximum atomic E-state index is 12.4. The number of pyridine rings is 1. The van der Waals surface area contributed by atoms with Crippen LogP contribution in [0.25, 0.3) is 10.9 Å². The Labute approximate surface area is 149 Å². The van der Waals surface area contributed by atoms with E-state index in [-0.39, 0.29) is 24.6 Å². The average Bonchev–Trinajstić information content (AvgIpc) is 2.71. The lowest BCUT2D eigenvalue weighted by molar-refractivity contribution is -0.140. The lowest BCUT2D eigenvalue weighted by Gasteiger charge is -2.31. The highest BCUT2D eigenvalue weighted by Crippen LogP contribution is 2.32. The molecule has 3 rings (SSSR count). The van der Waals surface area contributed by atoms with E-state index in [1.807, 2.05) is 18.2 Å². The molecule has 0 saturated carbocycles. The first-order valence-electron chi connectivity index (χ1n) is 7.79. The van der Waals surface area contributed by atoms with Crippen LogP contribution in [0.1, 0.15) is 0 Å². The van der Waals surface area contributed by atoms with Crippen molar-refractivity contribution < 1.29 is 28.5 Å². The highest BCUT2D eigenvalue weighted by molar-refractivity contribution is 6.05. The Morgan fingerprint density at radius 1 is 1.08 bits per heavy atom. The molecule has 1 aliphatic heterocycles. The van der Waals surface area contributed by atoms with Crippen LogP contribution >= 0.6 is 0 Å². The Bertz CT molecular complexity index is 892. The molecule has 0 unspecified atom stereocenters. The zero-order valence-corrected chi connectivity index (χ0v) is 14.6. The smallest absolute Gasteiger partial charge is 0.355 e. The van der Waals surface area contributed by atoms with Gasteiger partial charge in [-0.25, -0.2) is 14.6 Å². The number of ether oxygens (including phenoxy) is 4. The van der Waals surface area contributed by atoms with E-state index in [2.05, 4.69) is 4.98 Å². The van der Waals surface area contributed by atoms with Crippen LogP contribution in [0.3, 0.4) is 0 Å². The fraction of sp³-hybridized carbons (Fsp3) is 0.278. The summed E-state index contributed by atoms with van der Waals surface area (Å²) in [5.74, 6) is -0.880. The fourth-order valence-corrected chi connectivity index (χ4v) is 2.78. The Balaban J connectivity index is 2.22. The Morgan fingerprint density at radius 3 is 2.54 bits per heavy atom. The van der Waals surface area contributed by atoms with Crippen LogP contribution in [0.2, 0.25) is 0 Å². The number of hydrogen-bond acceptors (Lipinski definition) is 8. The molecular formula is C18H18N2O6. The summed E-state index contributed by atoms with van der Waals surface area (Å²) in [6, 6.07) is 9.10. The number of para-hydroxylation sites is 1. The lowest BCUT2D eigenvalue weighted by atomic mass is 10.1. The number of nitrogens with zero attached hydrogens (tertiary/aromatic N) is 2. The van der Waals surface area contributed by atoms with E-state index in [0.717, 1.165) is 5.39 Å². The highest BCUT2D eigenvalue weighted by Gasteiger charge is 2.33. The monoisotopic (exact) mass is 358 g/mol. The van der Waals surface area contributed by atoms with Crippen molar-refractivity contribution in [1.82, 2.24) is 4.98 Å². The molecule has 0 amide bonds. The second-order valence-electron chi connectivity index (χ2n) is 5.42. The SMILES string of the molecule is COC(=O)C1=C(C(=O)OC)N(c2cccc3ccc(OC)nc23)COC1. The molecule has 136 valence electrons. The number of esters is 2. The van der Waals surface area contributed by atoms with Crippen molar-refractivity contribution in [2.75, 3.05) is 39.6 Å². The van der Waals surface area contributed by atoms with E-state index < -0.39 is 11.9 Å². The average molecular weight is 358 g/mol. The molecule has 0 N–H and O–H groups in total. The summed E-state index contributed by atoms with van der Waals surface area (Å²) < 4.78 is 20.4. The summed E-state index contributed by atoms with van der Waals surface area (Å²) in [5, 5.41) is 0.845. The Morgan fingerprint density at radius 2 is 1.85 bits per heavy atom. The molecule has 1 aromatic heterocycles. The van der Waals surface area contributed by atoms with Crippen molar-refractivity contribution in [3.05, 3.63) is 41.6 Å². The van der Waals surface area contributed by atoms with Gasteiger partial charge in [-0.3, -0.25) is 0 Å². The molecule has 1 aliphatic rings. The number of methoxy groups -OCH3 is 3. The predicted octanol–water partition coefficient (Wildman–Crippen LogP) is 1.64. The summed E-state index contributed by atoms with van der Waals surface area (Å²) >= 11 is 0. The van der Waals surface area contributed by atoms with Crippen LogP contribution in [0.15, 0.2) is 41.6 Å². The first-order chi connectivity index (χ1) is 12.6. The molecule has 0 radical (unpaired) electrons. The van der Waals surface area contributed by atoms with Gasteiger partial charge in [0.25, 0.3) is 0 Å². The lowest BCUT2D eigenvalue weighted by Crippen LogP contribution is -2.39. The number of benzene rings is 1. The zero-order valence-electron chi connectivity index (χ0n) is 14.6. The van der Waals surface area contributed by atoms with Crippen molar-refractivity contribution >= 4 is 28.5 Å². The quantitative estimate of drug-likeness (QED) is 0.763. The molecule has 8 nitrogen and oxygen atoms in total. The Hall–Kier alpha value is -3.13. The van der Waals surface area contributed by atoms with Gasteiger partial charge in [-0.2, -0.15) is 0 Å². The second-order valence-corrected chi connectivity index (χ2v) is 5.42. The van der Waals surface area contributed by atoms with Crippen LogP contribution in [0, 0.1) is 0 Å². The summed E-state index contributed by atoms with van der Waals surface area (Å²) in [6.07, 6.45) is 0. The largest absolute Gasteiger partial charge is 0.481 e. The molecule has 26 heavy (non-hydrogen) atoms. The summed E-state index contributed by atoms with van der Waals surface area (Å²) in [6.45, 7) is 0.0120. The number of aromatic nitrogens is 1. The van der Waals surface area contributed by atoms with Gasteiger partial charge in [0.05, 0.1) is 44.7 Å². The molecule has 1 aromatic carbocycles. The van der Waals surface area contributed by atoms with Gasteiger partial charge in [-0.05, 0) is 12.1 Å². The molecule has 0 saturated heterocycles. The van der Waals surface area contributed by atoms with Crippen LogP contribution < -0.4 is 9.64 Å². The highest BCUT2D eigenvalue weighted by atomic mass is 16.5. The van der Waals surface area contributed by atoms with E-state index in [1.54, 1.807) is 17.0 Å². The molecule has 2 aromatic rings. The van der Waals surface area contributed by atoms with Crippen LogP contribution in [-0.4, -0.2) is 51.6 Å². The molecule has 0 spiro atoms. The van der Waals surface area contributed by atoms with Gasteiger partial charge in [0.2, 0.25) is 5.88 Å². The molecule has 0 aliphatic carbocycles. The molecule has 2 heterocycles. The van der Waals surface area contributed by atoms with Crippen molar-refractivity contribution in [3.8, 4) is 5.88 Å². The minimum atomic E-state index is -0.659. The van der Waals surface area contributed by atoms with Gasteiger partial charge < -0.3 is 23.8 Å². The van der Waals surface area contributed by atoms with E-state index in [0.29, 0.717) is 17.1 Å². The van der Waals surface area contributed by atoms with Crippen LogP contribution in [0.5, 0.6) is 5.88 Å². The van der Waals surface area contributed by atoms with Crippen molar-refractivity contribution in [3.63, 3.8) is 0 Å². The molecule has 0 atom stereocenters. The van der Waals surface area contributed by atoms with Crippen molar-refractivity contribution in [1.29, 1.82) is 0 Å². The normalized spacial score (nSPS) is 14.3. The third-order valence-corrected chi connectivity index (χ3v) is 4.01.